The van der Waals surface area contributed by atoms with Gasteiger partial charge in [0.2, 0.25) is 0 Å². The Morgan fingerprint density at radius 3 is 2.68 bits per heavy atom. The van der Waals surface area contributed by atoms with Gasteiger partial charge in [-0.3, -0.25) is 0 Å². The van der Waals surface area contributed by atoms with Gasteiger partial charge in [-0.05, 0) is 31.4 Å². The number of carbonyl (C=O) groups is 1. The zero-order valence-corrected chi connectivity index (χ0v) is 12.1. The molecule has 0 bridgehead atoms. The lowest BCUT2D eigenvalue weighted by molar-refractivity contribution is 0.0606. The van der Waals surface area contributed by atoms with E-state index in [1.165, 1.54) is 18.4 Å². The number of thiophene rings is 1. The fraction of sp³-hybridized carbons (Fsp3) is 0.357. The maximum Gasteiger partial charge on any atom is 0.349 e. The number of nitrogens with zero attached hydrogens (tertiary/aromatic N) is 2. The van der Waals surface area contributed by atoms with Crippen molar-refractivity contribution in [3.05, 3.63) is 27.3 Å². The third-order valence-corrected chi connectivity index (χ3v) is 4.32. The van der Waals surface area contributed by atoms with Crippen LogP contribution in [0.2, 0.25) is 0 Å². The predicted molar refractivity (Wildman–Crippen MR) is 74.5 cm³/mol. The van der Waals surface area contributed by atoms with E-state index in [4.69, 9.17) is 4.74 Å². The molecule has 0 unspecified atom stereocenters. The van der Waals surface area contributed by atoms with Crippen molar-refractivity contribution < 1.29 is 9.53 Å². The Balaban J connectivity index is 2.90. The first-order chi connectivity index (χ1) is 9.04. The van der Waals surface area contributed by atoms with Crippen molar-refractivity contribution in [1.82, 2.24) is 4.98 Å². The van der Waals surface area contributed by atoms with E-state index in [1.54, 1.807) is 0 Å². The van der Waals surface area contributed by atoms with Crippen LogP contribution in [0.5, 0.6) is 0 Å². The summed E-state index contributed by atoms with van der Waals surface area (Å²) in [6, 6.07) is 2.11. The fourth-order valence-corrected chi connectivity index (χ4v) is 3.50. The Kier molecular flexibility index (Phi) is 3.54. The second-order valence-electron chi connectivity index (χ2n) is 4.24. The van der Waals surface area contributed by atoms with Crippen molar-refractivity contribution in [2.45, 2.75) is 27.2 Å². The van der Waals surface area contributed by atoms with Gasteiger partial charge in [0, 0.05) is 11.1 Å². The number of methoxy groups -OCH3 is 1. The van der Waals surface area contributed by atoms with Crippen molar-refractivity contribution in [3.8, 4) is 6.07 Å². The number of esters is 1. The van der Waals surface area contributed by atoms with E-state index in [2.05, 4.69) is 18.0 Å². The summed E-state index contributed by atoms with van der Waals surface area (Å²) in [4.78, 5) is 17.3. The smallest absolute Gasteiger partial charge is 0.349 e. The van der Waals surface area contributed by atoms with Crippen molar-refractivity contribution in [1.29, 1.82) is 5.26 Å². The summed E-state index contributed by atoms with van der Waals surface area (Å²) in [5.41, 5.74) is 3.51. The number of carbonyl (C=O) groups excluding carboxylic acids is 1. The van der Waals surface area contributed by atoms with Gasteiger partial charge in [-0.1, -0.05) is 6.92 Å². The first-order valence-electron chi connectivity index (χ1n) is 5.96. The summed E-state index contributed by atoms with van der Waals surface area (Å²) >= 11 is 1.22. The molecule has 4 nitrogen and oxygen atoms in total. The Hall–Kier alpha value is -1.93. The van der Waals surface area contributed by atoms with Crippen LogP contribution in [-0.4, -0.2) is 18.1 Å². The molecule has 0 saturated carbocycles. The van der Waals surface area contributed by atoms with Gasteiger partial charge in [-0.15, -0.1) is 11.3 Å². The maximum atomic E-state index is 11.7. The van der Waals surface area contributed by atoms with E-state index in [0.717, 1.165) is 33.5 Å². The molecule has 0 aromatic carbocycles. The van der Waals surface area contributed by atoms with Crippen LogP contribution in [0.3, 0.4) is 0 Å². The van der Waals surface area contributed by atoms with Crippen LogP contribution in [0.15, 0.2) is 0 Å². The number of hydrogen-bond donors (Lipinski definition) is 0. The summed E-state index contributed by atoms with van der Waals surface area (Å²) in [6.45, 7) is 5.99. The minimum Gasteiger partial charge on any atom is -0.465 e. The van der Waals surface area contributed by atoms with Gasteiger partial charge in [-0.2, -0.15) is 5.26 Å². The molecule has 0 aliphatic carbocycles. The molecule has 0 atom stereocenters. The zero-order chi connectivity index (χ0) is 14.2. The van der Waals surface area contributed by atoms with E-state index in [9.17, 15) is 10.1 Å². The van der Waals surface area contributed by atoms with Crippen molar-refractivity contribution in [2.24, 2.45) is 0 Å². The first-order valence-corrected chi connectivity index (χ1v) is 6.77. The normalized spacial score (nSPS) is 10.5. The van der Waals surface area contributed by atoms with Crippen LogP contribution in [-0.2, 0) is 11.2 Å². The van der Waals surface area contributed by atoms with Crippen LogP contribution in [0.1, 0.15) is 39.0 Å². The van der Waals surface area contributed by atoms with Crippen LogP contribution in [0.4, 0.5) is 0 Å². The number of nitriles is 1. The molecule has 98 valence electrons. The summed E-state index contributed by atoms with van der Waals surface area (Å²) in [6.07, 6.45) is 0.856. The standard InChI is InChI=1S/C14H14N2O2S/c1-5-9-7(2)11-10(6-15)12(14(17)18-4)19-13(11)16-8(9)3/h5H2,1-4H3. The van der Waals surface area contributed by atoms with Gasteiger partial charge in [0.05, 0.1) is 12.7 Å². The highest BCUT2D eigenvalue weighted by atomic mass is 32.1. The lowest BCUT2D eigenvalue weighted by Gasteiger charge is -2.07. The molecule has 2 aromatic heterocycles. The zero-order valence-electron chi connectivity index (χ0n) is 11.3. The monoisotopic (exact) mass is 274 g/mol. The molecular formula is C14H14N2O2S. The maximum absolute atomic E-state index is 11.7. The highest BCUT2D eigenvalue weighted by Crippen LogP contribution is 2.34. The SMILES string of the molecule is CCc1c(C)nc2sc(C(=O)OC)c(C#N)c2c1C. The Bertz CT molecular complexity index is 711. The average molecular weight is 274 g/mol. The number of hydrogen-bond acceptors (Lipinski definition) is 5. The van der Waals surface area contributed by atoms with Gasteiger partial charge < -0.3 is 4.74 Å². The second-order valence-corrected chi connectivity index (χ2v) is 5.24. The van der Waals surface area contributed by atoms with Crippen molar-refractivity contribution in [3.63, 3.8) is 0 Å². The molecule has 0 aliphatic rings. The van der Waals surface area contributed by atoms with E-state index in [-0.39, 0.29) is 0 Å². The molecule has 19 heavy (non-hydrogen) atoms. The Morgan fingerprint density at radius 2 is 2.16 bits per heavy atom. The molecule has 5 heteroatoms. The van der Waals surface area contributed by atoms with Crippen LogP contribution in [0, 0.1) is 25.2 Å². The van der Waals surface area contributed by atoms with Crippen LogP contribution in [0.25, 0.3) is 10.2 Å². The average Bonchev–Trinajstić information content (AvgIpc) is 2.76. The predicted octanol–water partition coefficient (Wildman–Crippen LogP) is 3.13. The molecule has 2 rings (SSSR count). The van der Waals surface area contributed by atoms with Crippen LogP contribution >= 0.6 is 11.3 Å². The minimum absolute atomic E-state index is 0.336. The van der Waals surface area contributed by atoms with Crippen molar-refractivity contribution in [2.75, 3.05) is 7.11 Å². The molecule has 2 heterocycles. The molecule has 2 aromatic rings. The van der Waals surface area contributed by atoms with Gasteiger partial charge in [0.15, 0.2) is 0 Å². The molecule has 0 N–H and O–H groups in total. The number of ether oxygens (including phenoxy) is 1. The van der Waals surface area contributed by atoms with Gasteiger partial charge in [0.25, 0.3) is 0 Å². The highest BCUT2D eigenvalue weighted by molar-refractivity contribution is 7.20. The molecule has 0 fully saturated rings. The van der Waals surface area contributed by atoms with E-state index in [0.29, 0.717) is 10.4 Å². The van der Waals surface area contributed by atoms with Gasteiger partial charge in [0.1, 0.15) is 15.8 Å². The largest absolute Gasteiger partial charge is 0.465 e. The van der Waals surface area contributed by atoms with E-state index in [1.807, 2.05) is 13.8 Å². The topological polar surface area (TPSA) is 63.0 Å². The quantitative estimate of drug-likeness (QED) is 0.789. The van der Waals surface area contributed by atoms with E-state index < -0.39 is 5.97 Å². The number of fused-ring (bicyclic) bond motifs is 1. The molecule has 0 amide bonds. The molecule has 0 aliphatic heterocycles. The van der Waals surface area contributed by atoms with E-state index >= 15 is 0 Å². The number of pyridine rings is 1. The molecular weight excluding hydrogens is 260 g/mol. The molecule has 0 radical (unpaired) electrons. The van der Waals surface area contributed by atoms with Gasteiger partial charge in [-0.25, -0.2) is 9.78 Å². The summed E-state index contributed by atoms with van der Waals surface area (Å²) in [5.74, 6) is -0.477. The Morgan fingerprint density at radius 1 is 1.47 bits per heavy atom. The highest BCUT2D eigenvalue weighted by Gasteiger charge is 2.22. The third-order valence-electron chi connectivity index (χ3n) is 3.26. The number of aromatic nitrogens is 1. The molecule has 0 saturated heterocycles. The lowest BCUT2D eigenvalue weighted by Crippen LogP contribution is -2.00. The summed E-state index contributed by atoms with van der Waals surface area (Å²) in [7, 11) is 1.32. The fourth-order valence-electron chi connectivity index (χ4n) is 2.35. The lowest BCUT2D eigenvalue weighted by atomic mass is 10.00. The third kappa shape index (κ3) is 1.98. The molecule has 0 spiro atoms. The minimum atomic E-state index is -0.477. The summed E-state index contributed by atoms with van der Waals surface area (Å²) in [5, 5.41) is 10.1. The number of rotatable bonds is 2. The Labute approximate surface area is 115 Å². The number of aryl methyl sites for hydroxylation is 2. The van der Waals surface area contributed by atoms with Gasteiger partial charge >= 0.3 is 5.97 Å². The second kappa shape index (κ2) is 4.98. The van der Waals surface area contributed by atoms with Crippen molar-refractivity contribution >= 4 is 27.5 Å². The first kappa shape index (κ1) is 13.5. The summed E-state index contributed by atoms with van der Waals surface area (Å²) < 4.78 is 4.73. The van der Waals surface area contributed by atoms with Crippen LogP contribution < -0.4 is 0 Å².